The van der Waals surface area contributed by atoms with Gasteiger partial charge in [0, 0.05) is 24.5 Å². The van der Waals surface area contributed by atoms with Crippen LogP contribution in [0.4, 0.5) is 11.4 Å². The maximum Gasteiger partial charge on any atom is 0.222 e. The van der Waals surface area contributed by atoms with E-state index in [1.165, 1.54) is 0 Å². The zero-order chi connectivity index (χ0) is 12.1. The molecule has 0 aromatic heterocycles. The number of nitrogen functional groups attached to an aromatic ring is 1. The summed E-state index contributed by atoms with van der Waals surface area (Å²) in [6, 6.07) is 7.63. The lowest BCUT2D eigenvalue weighted by molar-refractivity contribution is -0.121. The summed E-state index contributed by atoms with van der Waals surface area (Å²) in [6.07, 6.45) is 0. The van der Waals surface area contributed by atoms with E-state index < -0.39 is 0 Å². The highest BCUT2D eigenvalue weighted by atomic mass is 16.1. The summed E-state index contributed by atoms with van der Waals surface area (Å²) in [5, 5.41) is 0. The van der Waals surface area contributed by atoms with Crippen LogP contribution in [0.5, 0.6) is 0 Å². The van der Waals surface area contributed by atoms with Crippen molar-refractivity contribution in [1.29, 1.82) is 0 Å². The number of benzene rings is 1. The van der Waals surface area contributed by atoms with Gasteiger partial charge in [-0.1, -0.05) is 13.0 Å². The number of anilines is 2. The number of nitrogens with two attached hydrogens (primary N) is 2. The standard InChI is InChI=1S/C12H19N3O/c1-3-15(8-9(2)12(14)16)11-6-4-5-10(13)7-11/h4-7,9H,3,8,13H2,1-2H3,(H2,14,16). The fraction of sp³-hybridized carbons (Fsp3) is 0.417. The van der Waals surface area contributed by atoms with E-state index in [4.69, 9.17) is 11.5 Å². The van der Waals surface area contributed by atoms with Crippen molar-refractivity contribution >= 4 is 17.3 Å². The van der Waals surface area contributed by atoms with Crippen LogP contribution >= 0.6 is 0 Å². The van der Waals surface area contributed by atoms with Gasteiger partial charge in [0.15, 0.2) is 0 Å². The van der Waals surface area contributed by atoms with Gasteiger partial charge in [-0.2, -0.15) is 0 Å². The summed E-state index contributed by atoms with van der Waals surface area (Å²) in [4.78, 5) is 13.1. The Bertz CT molecular complexity index is 365. The molecule has 1 amide bonds. The number of carbonyl (C=O) groups is 1. The second kappa shape index (κ2) is 5.39. The summed E-state index contributed by atoms with van der Waals surface area (Å²) in [6.45, 7) is 5.31. The van der Waals surface area contributed by atoms with Gasteiger partial charge in [-0.05, 0) is 25.1 Å². The van der Waals surface area contributed by atoms with Gasteiger partial charge in [0.1, 0.15) is 0 Å². The van der Waals surface area contributed by atoms with Gasteiger partial charge in [0.25, 0.3) is 0 Å². The minimum absolute atomic E-state index is 0.165. The van der Waals surface area contributed by atoms with Gasteiger partial charge >= 0.3 is 0 Å². The zero-order valence-electron chi connectivity index (χ0n) is 9.81. The fourth-order valence-electron chi connectivity index (χ4n) is 1.56. The highest BCUT2D eigenvalue weighted by Gasteiger charge is 2.13. The Morgan fingerprint density at radius 1 is 1.50 bits per heavy atom. The van der Waals surface area contributed by atoms with Crippen molar-refractivity contribution in [3.63, 3.8) is 0 Å². The minimum Gasteiger partial charge on any atom is -0.399 e. The number of nitrogens with zero attached hydrogens (tertiary/aromatic N) is 1. The van der Waals surface area contributed by atoms with Gasteiger partial charge in [0.2, 0.25) is 5.91 Å². The zero-order valence-corrected chi connectivity index (χ0v) is 9.81. The maximum atomic E-state index is 11.0. The molecule has 0 aliphatic carbocycles. The number of primary amides is 1. The van der Waals surface area contributed by atoms with Crippen LogP contribution in [0.25, 0.3) is 0 Å². The van der Waals surface area contributed by atoms with E-state index in [0.29, 0.717) is 6.54 Å². The van der Waals surface area contributed by atoms with Crippen LogP contribution in [0.2, 0.25) is 0 Å². The molecule has 0 aliphatic heterocycles. The summed E-state index contributed by atoms with van der Waals surface area (Å²) in [5.74, 6) is -0.441. The molecule has 0 spiro atoms. The molecule has 4 N–H and O–H groups in total. The van der Waals surface area contributed by atoms with Gasteiger partial charge < -0.3 is 16.4 Å². The van der Waals surface area contributed by atoms with Crippen molar-refractivity contribution in [1.82, 2.24) is 0 Å². The van der Waals surface area contributed by atoms with Gasteiger partial charge in [-0.25, -0.2) is 0 Å². The fourth-order valence-corrected chi connectivity index (χ4v) is 1.56. The number of carbonyl (C=O) groups excluding carboxylic acids is 1. The normalized spacial score (nSPS) is 12.1. The molecule has 0 aliphatic rings. The first-order chi connectivity index (χ1) is 7.54. The quantitative estimate of drug-likeness (QED) is 0.734. The van der Waals surface area contributed by atoms with Gasteiger partial charge in [-0.15, -0.1) is 0 Å². The molecule has 88 valence electrons. The molecule has 0 bridgehead atoms. The molecule has 16 heavy (non-hydrogen) atoms. The van der Waals surface area contributed by atoms with Crippen molar-refractivity contribution in [2.45, 2.75) is 13.8 Å². The van der Waals surface area contributed by atoms with Crippen LogP contribution in [0.3, 0.4) is 0 Å². The van der Waals surface area contributed by atoms with Gasteiger partial charge in [-0.3, -0.25) is 4.79 Å². The molecule has 1 unspecified atom stereocenters. The lowest BCUT2D eigenvalue weighted by Gasteiger charge is -2.25. The third-order valence-electron chi connectivity index (χ3n) is 2.60. The highest BCUT2D eigenvalue weighted by molar-refractivity contribution is 5.77. The molecule has 1 aromatic carbocycles. The topological polar surface area (TPSA) is 72.3 Å². The van der Waals surface area contributed by atoms with Crippen LogP contribution in [-0.2, 0) is 4.79 Å². The molecule has 0 saturated heterocycles. The molecule has 4 nitrogen and oxygen atoms in total. The molecule has 0 fully saturated rings. The lowest BCUT2D eigenvalue weighted by Crippen LogP contribution is -2.34. The van der Waals surface area contributed by atoms with E-state index in [-0.39, 0.29) is 11.8 Å². The first-order valence-electron chi connectivity index (χ1n) is 5.44. The van der Waals surface area contributed by atoms with Crippen LogP contribution in [0.1, 0.15) is 13.8 Å². The molecule has 1 aromatic rings. The largest absolute Gasteiger partial charge is 0.399 e. The van der Waals surface area contributed by atoms with Crippen molar-refractivity contribution in [3.8, 4) is 0 Å². The summed E-state index contributed by atoms with van der Waals surface area (Å²) >= 11 is 0. The predicted octanol–water partition coefficient (Wildman–Crippen LogP) is 1.22. The molecule has 1 rings (SSSR count). The summed E-state index contributed by atoms with van der Waals surface area (Å²) in [7, 11) is 0. The first-order valence-corrected chi connectivity index (χ1v) is 5.44. The number of rotatable bonds is 5. The second-order valence-corrected chi connectivity index (χ2v) is 3.94. The highest BCUT2D eigenvalue weighted by Crippen LogP contribution is 2.18. The van der Waals surface area contributed by atoms with Crippen LogP contribution < -0.4 is 16.4 Å². The Morgan fingerprint density at radius 2 is 2.19 bits per heavy atom. The van der Waals surface area contributed by atoms with Crippen LogP contribution in [0, 0.1) is 5.92 Å². The SMILES string of the molecule is CCN(CC(C)C(N)=O)c1cccc(N)c1. The van der Waals surface area contributed by atoms with E-state index in [1.54, 1.807) is 0 Å². The molecule has 1 atom stereocenters. The molecule has 0 heterocycles. The van der Waals surface area contributed by atoms with E-state index in [1.807, 2.05) is 38.1 Å². The van der Waals surface area contributed by atoms with Crippen LogP contribution in [-0.4, -0.2) is 19.0 Å². The predicted molar refractivity (Wildman–Crippen MR) is 67.1 cm³/mol. The van der Waals surface area contributed by atoms with Gasteiger partial charge in [0.05, 0.1) is 5.92 Å². The third kappa shape index (κ3) is 3.15. The molecular weight excluding hydrogens is 202 g/mol. The van der Waals surface area contributed by atoms with Crippen molar-refractivity contribution < 1.29 is 4.79 Å². The second-order valence-electron chi connectivity index (χ2n) is 3.94. The van der Waals surface area contributed by atoms with Crippen molar-refractivity contribution in [2.24, 2.45) is 11.7 Å². The molecular formula is C12H19N3O. The molecule has 4 heteroatoms. The smallest absolute Gasteiger partial charge is 0.222 e. The van der Waals surface area contributed by atoms with E-state index in [2.05, 4.69) is 4.90 Å². The summed E-state index contributed by atoms with van der Waals surface area (Å²) < 4.78 is 0. The summed E-state index contributed by atoms with van der Waals surface area (Å²) in [5.41, 5.74) is 12.7. The average molecular weight is 221 g/mol. The third-order valence-corrected chi connectivity index (χ3v) is 2.60. The number of hydrogen-bond donors (Lipinski definition) is 2. The van der Waals surface area contributed by atoms with Crippen molar-refractivity contribution in [2.75, 3.05) is 23.7 Å². The molecule has 0 saturated carbocycles. The van der Waals surface area contributed by atoms with E-state index in [9.17, 15) is 4.79 Å². The molecule has 0 radical (unpaired) electrons. The Kier molecular flexibility index (Phi) is 4.17. The van der Waals surface area contributed by atoms with Crippen molar-refractivity contribution in [3.05, 3.63) is 24.3 Å². The maximum absolute atomic E-state index is 11.0. The number of hydrogen-bond acceptors (Lipinski definition) is 3. The Labute approximate surface area is 96.2 Å². The van der Waals surface area contributed by atoms with E-state index >= 15 is 0 Å². The van der Waals surface area contributed by atoms with E-state index in [0.717, 1.165) is 17.9 Å². The Hall–Kier alpha value is -1.71. The number of amides is 1. The Balaban J connectivity index is 2.78. The monoisotopic (exact) mass is 221 g/mol. The Morgan fingerprint density at radius 3 is 2.69 bits per heavy atom. The minimum atomic E-state index is -0.276. The van der Waals surface area contributed by atoms with Crippen LogP contribution in [0.15, 0.2) is 24.3 Å². The first kappa shape index (κ1) is 12.4. The average Bonchev–Trinajstić information content (AvgIpc) is 2.25. The lowest BCUT2D eigenvalue weighted by atomic mass is 10.1.